The molecular weight excluding hydrogens is 188 g/mol. The van der Waals surface area contributed by atoms with Gasteiger partial charge in [-0.2, -0.15) is 0 Å². The number of rotatable bonds is 4. The SMILES string of the molecule is CNC(=O)C(CN)CC1CCCC(C)C1. The van der Waals surface area contributed by atoms with Crippen LogP contribution in [0.5, 0.6) is 0 Å². The summed E-state index contributed by atoms with van der Waals surface area (Å²) in [6.45, 7) is 2.79. The van der Waals surface area contributed by atoms with Gasteiger partial charge in [-0.25, -0.2) is 0 Å². The van der Waals surface area contributed by atoms with Crippen molar-refractivity contribution in [2.45, 2.75) is 39.0 Å². The van der Waals surface area contributed by atoms with Gasteiger partial charge >= 0.3 is 0 Å². The van der Waals surface area contributed by atoms with E-state index in [2.05, 4.69) is 12.2 Å². The summed E-state index contributed by atoms with van der Waals surface area (Å²) in [6.07, 6.45) is 6.19. The second-order valence-electron chi connectivity index (χ2n) is 4.92. The smallest absolute Gasteiger partial charge is 0.224 e. The van der Waals surface area contributed by atoms with Crippen LogP contribution in [0.25, 0.3) is 0 Å². The lowest BCUT2D eigenvalue weighted by molar-refractivity contribution is -0.124. The Labute approximate surface area is 92.8 Å². The zero-order chi connectivity index (χ0) is 11.3. The van der Waals surface area contributed by atoms with Crippen molar-refractivity contribution in [3.05, 3.63) is 0 Å². The van der Waals surface area contributed by atoms with Crippen LogP contribution in [0.4, 0.5) is 0 Å². The van der Waals surface area contributed by atoms with Crippen LogP contribution in [0.15, 0.2) is 0 Å². The van der Waals surface area contributed by atoms with E-state index >= 15 is 0 Å². The maximum absolute atomic E-state index is 11.5. The van der Waals surface area contributed by atoms with E-state index in [9.17, 15) is 4.79 Å². The first-order valence-electron chi connectivity index (χ1n) is 6.09. The van der Waals surface area contributed by atoms with Gasteiger partial charge in [0.05, 0.1) is 5.92 Å². The molecule has 1 fully saturated rings. The molecule has 0 aliphatic heterocycles. The number of hydrogen-bond acceptors (Lipinski definition) is 2. The molecule has 3 heteroatoms. The number of nitrogens with one attached hydrogen (secondary N) is 1. The highest BCUT2D eigenvalue weighted by Gasteiger charge is 2.24. The van der Waals surface area contributed by atoms with Crippen LogP contribution >= 0.6 is 0 Å². The van der Waals surface area contributed by atoms with Crippen LogP contribution < -0.4 is 11.1 Å². The largest absolute Gasteiger partial charge is 0.359 e. The molecule has 0 radical (unpaired) electrons. The molecule has 0 spiro atoms. The third kappa shape index (κ3) is 3.82. The van der Waals surface area contributed by atoms with Crippen molar-refractivity contribution in [3.63, 3.8) is 0 Å². The Morgan fingerprint density at radius 1 is 1.53 bits per heavy atom. The fourth-order valence-corrected chi connectivity index (χ4v) is 2.69. The van der Waals surface area contributed by atoms with Crippen molar-refractivity contribution >= 4 is 5.91 Å². The van der Waals surface area contributed by atoms with E-state index in [1.54, 1.807) is 7.05 Å². The number of carbonyl (C=O) groups excluding carboxylic acids is 1. The molecule has 0 heterocycles. The Bertz CT molecular complexity index is 206. The van der Waals surface area contributed by atoms with Gasteiger partial charge in [-0.1, -0.05) is 26.2 Å². The van der Waals surface area contributed by atoms with Gasteiger partial charge in [0, 0.05) is 13.6 Å². The minimum Gasteiger partial charge on any atom is -0.359 e. The number of hydrogen-bond donors (Lipinski definition) is 2. The molecule has 15 heavy (non-hydrogen) atoms. The Hall–Kier alpha value is -0.570. The molecule has 0 aromatic carbocycles. The first-order chi connectivity index (χ1) is 7.17. The standard InChI is InChI=1S/C12H24N2O/c1-9-4-3-5-10(6-9)7-11(8-13)12(15)14-2/h9-11H,3-8,13H2,1-2H3,(H,14,15). The Balaban J connectivity index is 2.40. The van der Waals surface area contributed by atoms with Gasteiger partial charge in [0.25, 0.3) is 0 Å². The van der Waals surface area contributed by atoms with Crippen molar-refractivity contribution in [1.82, 2.24) is 5.32 Å². The molecule has 1 aliphatic carbocycles. The molecule has 3 unspecified atom stereocenters. The molecule has 1 aliphatic rings. The predicted octanol–water partition coefficient (Wildman–Crippen LogP) is 1.52. The molecular formula is C12H24N2O. The highest BCUT2D eigenvalue weighted by molar-refractivity contribution is 5.78. The summed E-state index contributed by atoms with van der Waals surface area (Å²) >= 11 is 0. The molecule has 0 aromatic rings. The normalized spacial score (nSPS) is 28.5. The summed E-state index contributed by atoms with van der Waals surface area (Å²) in [5, 5.41) is 2.70. The molecule has 0 bridgehead atoms. The van der Waals surface area contributed by atoms with E-state index in [0.29, 0.717) is 12.5 Å². The van der Waals surface area contributed by atoms with Crippen LogP contribution in [0, 0.1) is 17.8 Å². The molecule has 0 aromatic heterocycles. The molecule has 3 nitrogen and oxygen atoms in total. The van der Waals surface area contributed by atoms with Crippen molar-refractivity contribution < 1.29 is 4.79 Å². The van der Waals surface area contributed by atoms with Gasteiger partial charge in [0.2, 0.25) is 5.91 Å². The Kier molecular flexibility index (Phi) is 5.09. The molecule has 1 rings (SSSR count). The summed E-state index contributed by atoms with van der Waals surface area (Å²) in [7, 11) is 1.69. The first-order valence-corrected chi connectivity index (χ1v) is 6.09. The summed E-state index contributed by atoms with van der Waals surface area (Å²) in [6, 6.07) is 0. The summed E-state index contributed by atoms with van der Waals surface area (Å²) in [5.74, 6) is 1.66. The fraction of sp³-hybridized carbons (Fsp3) is 0.917. The van der Waals surface area contributed by atoms with Gasteiger partial charge in [0.15, 0.2) is 0 Å². The molecule has 88 valence electrons. The van der Waals surface area contributed by atoms with Gasteiger partial charge in [0.1, 0.15) is 0 Å². The van der Waals surface area contributed by atoms with E-state index in [1.165, 1.54) is 25.7 Å². The molecule has 3 atom stereocenters. The summed E-state index contributed by atoms with van der Waals surface area (Å²) in [4.78, 5) is 11.5. The second kappa shape index (κ2) is 6.11. The predicted molar refractivity (Wildman–Crippen MR) is 62.4 cm³/mol. The van der Waals surface area contributed by atoms with Crippen molar-refractivity contribution in [2.75, 3.05) is 13.6 Å². The molecule has 1 amide bonds. The zero-order valence-electron chi connectivity index (χ0n) is 9.96. The third-order valence-corrected chi connectivity index (χ3v) is 3.56. The number of nitrogens with two attached hydrogens (primary N) is 1. The van der Waals surface area contributed by atoms with Crippen LogP contribution in [0.3, 0.4) is 0 Å². The average molecular weight is 212 g/mol. The van der Waals surface area contributed by atoms with E-state index in [1.807, 2.05) is 0 Å². The topological polar surface area (TPSA) is 55.1 Å². The van der Waals surface area contributed by atoms with Crippen LogP contribution in [-0.4, -0.2) is 19.5 Å². The lowest BCUT2D eigenvalue weighted by atomic mass is 9.78. The number of carbonyl (C=O) groups is 1. The van der Waals surface area contributed by atoms with Gasteiger partial charge < -0.3 is 11.1 Å². The second-order valence-corrected chi connectivity index (χ2v) is 4.92. The quantitative estimate of drug-likeness (QED) is 0.742. The lowest BCUT2D eigenvalue weighted by Gasteiger charge is -2.28. The maximum Gasteiger partial charge on any atom is 0.224 e. The summed E-state index contributed by atoms with van der Waals surface area (Å²) in [5.41, 5.74) is 5.64. The minimum atomic E-state index is 0.0188. The van der Waals surface area contributed by atoms with Crippen LogP contribution in [-0.2, 0) is 4.79 Å². The van der Waals surface area contributed by atoms with Crippen molar-refractivity contribution in [3.8, 4) is 0 Å². The lowest BCUT2D eigenvalue weighted by Crippen LogP contribution is -2.34. The van der Waals surface area contributed by atoms with E-state index in [4.69, 9.17) is 5.73 Å². The van der Waals surface area contributed by atoms with E-state index in [-0.39, 0.29) is 11.8 Å². The molecule has 3 N–H and O–H groups in total. The Morgan fingerprint density at radius 3 is 2.80 bits per heavy atom. The van der Waals surface area contributed by atoms with Crippen LogP contribution in [0.2, 0.25) is 0 Å². The third-order valence-electron chi connectivity index (χ3n) is 3.56. The maximum atomic E-state index is 11.5. The fourth-order valence-electron chi connectivity index (χ4n) is 2.69. The van der Waals surface area contributed by atoms with Gasteiger partial charge in [-0.15, -0.1) is 0 Å². The monoisotopic (exact) mass is 212 g/mol. The van der Waals surface area contributed by atoms with Crippen molar-refractivity contribution in [1.29, 1.82) is 0 Å². The highest BCUT2D eigenvalue weighted by atomic mass is 16.1. The first kappa shape index (κ1) is 12.5. The van der Waals surface area contributed by atoms with Gasteiger partial charge in [-0.05, 0) is 24.7 Å². The molecule has 0 saturated heterocycles. The molecule has 1 saturated carbocycles. The summed E-state index contributed by atoms with van der Waals surface area (Å²) < 4.78 is 0. The van der Waals surface area contributed by atoms with E-state index in [0.717, 1.165) is 12.3 Å². The minimum absolute atomic E-state index is 0.0188. The highest BCUT2D eigenvalue weighted by Crippen LogP contribution is 2.32. The zero-order valence-corrected chi connectivity index (χ0v) is 9.96. The Morgan fingerprint density at radius 2 is 2.27 bits per heavy atom. The van der Waals surface area contributed by atoms with Crippen molar-refractivity contribution in [2.24, 2.45) is 23.5 Å². The van der Waals surface area contributed by atoms with Gasteiger partial charge in [-0.3, -0.25) is 4.79 Å². The van der Waals surface area contributed by atoms with Crippen LogP contribution in [0.1, 0.15) is 39.0 Å². The van der Waals surface area contributed by atoms with E-state index < -0.39 is 0 Å². The number of amides is 1. The average Bonchev–Trinajstić information content (AvgIpc) is 2.25.